The van der Waals surface area contributed by atoms with Crippen LogP contribution in [0.2, 0.25) is 5.02 Å². The summed E-state index contributed by atoms with van der Waals surface area (Å²) in [5.74, 6) is 0.670. The van der Waals surface area contributed by atoms with Gasteiger partial charge in [0.25, 0.3) is 0 Å². The lowest BCUT2D eigenvalue weighted by molar-refractivity contribution is 0.479. The van der Waals surface area contributed by atoms with Crippen molar-refractivity contribution in [2.45, 2.75) is 13.0 Å². The lowest BCUT2D eigenvalue weighted by Gasteiger charge is -2.10. The predicted octanol–water partition coefficient (Wildman–Crippen LogP) is 4.29. The minimum Gasteiger partial charge on any atom is -0.457 e. The van der Waals surface area contributed by atoms with Crippen LogP contribution in [0.5, 0.6) is 11.5 Å². The highest BCUT2D eigenvalue weighted by atomic mass is 35.5. The molecule has 2 rings (SSSR count). The van der Waals surface area contributed by atoms with Crippen molar-refractivity contribution in [3.8, 4) is 11.5 Å². The van der Waals surface area contributed by atoms with Crippen LogP contribution in [-0.4, -0.2) is 0 Å². The number of hydrogen-bond acceptors (Lipinski definition) is 2. The van der Waals surface area contributed by atoms with Gasteiger partial charge in [0, 0.05) is 12.1 Å². The molecule has 0 saturated carbocycles. The van der Waals surface area contributed by atoms with Crippen molar-refractivity contribution in [2.75, 3.05) is 0 Å². The summed E-state index contributed by atoms with van der Waals surface area (Å²) < 4.78 is 18.6. The fourth-order valence-corrected chi connectivity index (χ4v) is 1.71. The van der Waals surface area contributed by atoms with Crippen molar-refractivity contribution >= 4 is 11.6 Å². The largest absolute Gasteiger partial charge is 0.457 e. The van der Waals surface area contributed by atoms with E-state index in [1.54, 1.807) is 0 Å². The van der Waals surface area contributed by atoms with Gasteiger partial charge in [-0.1, -0.05) is 23.7 Å². The normalized spacial score (nSPS) is 12.2. The summed E-state index contributed by atoms with van der Waals surface area (Å²) >= 11 is 5.69. The molecule has 0 radical (unpaired) electrons. The monoisotopic (exact) mass is 265 g/mol. The lowest BCUT2D eigenvalue weighted by atomic mass is 10.1. The first kappa shape index (κ1) is 12.9. The van der Waals surface area contributed by atoms with E-state index in [0.717, 1.165) is 5.56 Å². The highest BCUT2D eigenvalue weighted by Crippen LogP contribution is 2.27. The summed E-state index contributed by atoms with van der Waals surface area (Å²) in [5, 5.41) is 0.0378. The highest BCUT2D eigenvalue weighted by Gasteiger charge is 2.05. The van der Waals surface area contributed by atoms with Crippen LogP contribution < -0.4 is 10.5 Å². The molecular weight excluding hydrogens is 253 g/mol. The van der Waals surface area contributed by atoms with Crippen LogP contribution in [-0.2, 0) is 0 Å². The van der Waals surface area contributed by atoms with Crippen molar-refractivity contribution < 1.29 is 9.13 Å². The van der Waals surface area contributed by atoms with Crippen LogP contribution in [0.3, 0.4) is 0 Å². The Morgan fingerprint density at radius 1 is 1.17 bits per heavy atom. The Kier molecular flexibility index (Phi) is 3.84. The zero-order chi connectivity index (χ0) is 13.1. The maximum Gasteiger partial charge on any atom is 0.142 e. The minimum absolute atomic E-state index is 0.0378. The van der Waals surface area contributed by atoms with Crippen molar-refractivity contribution in [1.29, 1.82) is 0 Å². The Hall–Kier alpha value is -1.58. The van der Waals surface area contributed by atoms with Gasteiger partial charge in [-0.05, 0) is 36.8 Å². The van der Waals surface area contributed by atoms with Gasteiger partial charge in [-0.25, -0.2) is 4.39 Å². The second-order valence-corrected chi connectivity index (χ2v) is 4.45. The summed E-state index contributed by atoms with van der Waals surface area (Å²) in [6.07, 6.45) is 0. The standard InChI is InChI=1S/C14H13ClFNO/c1-9(17)10-3-2-4-11(7-10)18-12-5-6-14(16)13(15)8-12/h2-9H,17H2,1H3. The molecule has 0 amide bonds. The third-order valence-corrected chi connectivity index (χ3v) is 2.80. The van der Waals surface area contributed by atoms with Crippen LogP contribution in [0.4, 0.5) is 4.39 Å². The van der Waals surface area contributed by atoms with Crippen molar-refractivity contribution in [3.05, 3.63) is 58.9 Å². The van der Waals surface area contributed by atoms with E-state index in [4.69, 9.17) is 22.1 Å². The molecule has 2 nitrogen and oxygen atoms in total. The second-order valence-electron chi connectivity index (χ2n) is 4.04. The molecule has 0 fully saturated rings. The smallest absolute Gasteiger partial charge is 0.142 e. The minimum atomic E-state index is -0.464. The molecule has 0 aliphatic carbocycles. The van der Waals surface area contributed by atoms with E-state index in [9.17, 15) is 4.39 Å². The Balaban J connectivity index is 2.23. The fraction of sp³-hybridized carbons (Fsp3) is 0.143. The molecular formula is C14H13ClFNO. The van der Waals surface area contributed by atoms with Gasteiger partial charge >= 0.3 is 0 Å². The average Bonchev–Trinajstić information content (AvgIpc) is 2.34. The molecule has 0 aromatic heterocycles. The van der Waals surface area contributed by atoms with Gasteiger partial charge in [-0.15, -0.1) is 0 Å². The van der Waals surface area contributed by atoms with E-state index in [1.165, 1.54) is 18.2 Å². The van der Waals surface area contributed by atoms with Crippen molar-refractivity contribution in [3.63, 3.8) is 0 Å². The highest BCUT2D eigenvalue weighted by molar-refractivity contribution is 6.30. The van der Waals surface area contributed by atoms with Gasteiger partial charge in [0.1, 0.15) is 17.3 Å². The van der Waals surface area contributed by atoms with Gasteiger partial charge in [0.2, 0.25) is 0 Å². The Bertz CT molecular complexity index is 557. The van der Waals surface area contributed by atoms with Gasteiger partial charge < -0.3 is 10.5 Å². The third-order valence-electron chi connectivity index (χ3n) is 2.51. The zero-order valence-electron chi connectivity index (χ0n) is 9.86. The first-order valence-electron chi connectivity index (χ1n) is 5.54. The van der Waals surface area contributed by atoms with Gasteiger partial charge in [-0.3, -0.25) is 0 Å². The van der Waals surface area contributed by atoms with E-state index in [-0.39, 0.29) is 11.1 Å². The topological polar surface area (TPSA) is 35.2 Å². The summed E-state index contributed by atoms with van der Waals surface area (Å²) in [5.41, 5.74) is 6.77. The maximum absolute atomic E-state index is 13.0. The van der Waals surface area contributed by atoms with Gasteiger partial charge in [-0.2, -0.15) is 0 Å². The molecule has 94 valence electrons. The summed E-state index contributed by atoms with van der Waals surface area (Å²) in [6.45, 7) is 1.90. The van der Waals surface area contributed by atoms with E-state index in [2.05, 4.69) is 0 Å². The van der Waals surface area contributed by atoms with Crippen molar-refractivity contribution in [2.24, 2.45) is 5.73 Å². The van der Waals surface area contributed by atoms with Crippen LogP contribution >= 0.6 is 11.6 Å². The SMILES string of the molecule is CC(N)c1cccc(Oc2ccc(F)c(Cl)c2)c1. The number of halogens is 2. The molecule has 2 N–H and O–H groups in total. The molecule has 1 unspecified atom stereocenters. The molecule has 0 saturated heterocycles. The molecule has 1 atom stereocenters. The van der Waals surface area contributed by atoms with E-state index >= 15 is 0 Å². The molecule has 0 aliphatic rings. The molecule has 18 heavy (non-hydrogen) atoms. The average molecular weight is 266 g/mol. The van der Waals surface area contributed by atoms with E-state index in [1.807, 2.05) is 31.2 Å². The lowest BCUT2D eigenvalue weighted by Crippen LogP contribution is -2.04. The number of rotatable bonds is 3. The summed E-state index contributed by atoms with van der Waals surface area (Å²) in [7, 11) is 0. The number of hydrogen-bond donors (Lipinski definition) is 1. The molecule has 4 heteroatoms. The Labute approximate surface area is 110 Å². The van der Waals surface area contributed by atoms with Gasteiger partial charge in [0.15, 0.2) is 0 Å². The van der Waals surface area contributed by atoms with E-state index < -0.39 is 5.82 Å². The molecule has 0 bridgehead atoms. The van der Waals surface area contributed by atoms with E-state index in [0.29, 0.717) is 11.5 Å². The molecule has 0 spiro atoms. The predicted molar refractivity (Wildman–Crippen MR) is 70.5 cm³/mol. The van der Waals surface area contributed by atoms with Crippen LogP contribution in [0, 0.1) is 5.82 Å². The van der Waals surface area contributed by atoms with Crippen LogP contribution in [0.15, 0.2) is 42.5 Å². The second kappa shape index (κ2) is 5.38. The maximum atomic E-state index is 13.0. The fourth-order valence-electron chi connectivity index (χ4n) is 1.54. The Morgan fingerprint density at radius 3 is 2.56 bits per heavy atom. The molecule has 2 aromatic carbocycles. The number of nitrogens with two attached hydrogens (primary N) is 1. The van der Waals surface area contributed by atoms with Crippen molar-refractivity contribution in [1.82, 2.24) is 0 Å². The first-order chi connectivity index (χ1) is 8.56. The molecule has 0 aliphatic heterocycles. The zero-order valence-corrected chi connectivity index (χ0v) is 10.6. The third kappa shape index (κ3) is 3.00. The molecule has 2 aromatic rings. The number of ether oxygens (including phenoxy) is 1. The first-order valence-corrected chi connectivity index (χ1v) is 5.92. The summed E-state index contributed by atoms with van der Waals surface area (Å²) in [6, 6.07) is 11.6. The number of benzene rings is 2. The molecule has 0 heterocycles. The quantitative estimate of drug-likeness (QED) is 0.898. The van der Waals surface area contributed by atoms with Crippen LogP contribution in [0.25, 0.3) is 0 Å². The Morgan fingerprint density at radius 2 is 1.89 bits per heavy atom. The van der Waals surface area contributed by atoms with Crippen LogP contribution in [0.1, 0.15) is 18.5 Å². The van der Waals surface area contributed by atoms with Gasteiger partial charge in [0.05, 0.1) is 5.02 Å². The summed E-state index contributed by atoms with van der Waals surface area (Å²) in [4.78, 5) is 0.